The first-order valence-corrected chi connectivity index (χ1v) is 8.25. The molecule has 0 saturated heterocycles. The van der Waals surface area contributed by atoms with Gasteiger partial charge in [0.25, 0.3) is 5.91 Å². The highest BCUT2D eigenvalue weighted by Gasteiger charge is 2.21. The Kier molecular flexibility index (Phi) is 6.12. The van der Waals surface area contributed by atoms with Gasteiger partial charge in [-0.3, -0.25) is 4.79 Å². The van der Waals surface area contributed by atoms with E-state index in [9.17, 15) is 9.59 Å². The van der Waals surface area contributed by atoms with Gasteiger partial charge in [-0.25, -0.2) is 4.79 Å². The number of carboxylic acid groups (broad SMARTS) is 1. The van der Waals surface area contributed by atoms with Crippen molar-refractivity contribution in [1.29, 1.82) is 0 Å². The van der Waals surface area contributed by atoms with Crippen molar-refractivity contribution in [1.82, 2.24) is 4.90 Å². The Labute approximate surface area is 148 Å². The summed E-state index contributed by atoms with van der Waals surface area (Å²) in [6, 6.07) is 15.3. The fraction of sp³-hybridized carbons (Fsp3) is 0.238. The second kappa shape index (κ2) is 8.29. The standard InChI is InChI=1S/C21H23NO3/c1-15(2)22(14-17-8-5-4-6-9-17)21(25)19-11-7-10-18(16(19)3)12-13-20(23)24/h4-13,15H,14H2,1-3H3,(H,23,24)/b13-12+. The number of aliphatic carboxylic acids is 1. The number of hydrogen-bond donors (Lipinski definition) is 1. The van der Waals surface area contributed by atoms with Crippen LogP contribution in [0.5, 0.6) is 0 Å². The van der Waals surface area contributed by atoms with E-state index in [1.807, 2.05) is 62.1 Å². The first-order chi connectivity index (χ1) is 11.9. The summed E-state index contributed by atoms with van der Waals surface area (Å²) in [7, 11) is 0. The van der Waals surface area contributed by atoms with Crippen molar-refractivity contribution in [3.05, 3.63) is 76.9 Å². The molecule has 2 rings (SSSR count). The molecule has 0 heterocycles. The summed E-state index contributed by atoms with van der Waals surface area (Å²) in [6.07, 6.45) is 2.60. The van der Waals surface area contributed by atoms with Crippen LogP contribution in [0, 0.1) is 6.92 Å². The molecule has 4 nitrogen and oxygen atoms in total. The zero-order valence-corrected chi connectivity index (χ0v) is 14.8. The molecule has 0 spiro atoms. The third-order valence-corrected chi connectivity index (χ3v) is 4.09. The van der Waals surface area contributed by atoms with E-state index in [0.717, 1.165) is 22.8 Å². The van der Waals surface area contributed by atoms with E-state index in [0.29, 0.717) is 12.1 Å². The van der Waals surface area contributed by atoms with Crippen LogP contribution in [0.15, 0.2) is 54.6 Å². The number of rotatable bonds is 6. The van der Waals surface area contributed by atoms with Gasteiger partial charge >= 0.3 is 5.97 Å². The summed E-state index contributed by atoms with van der Waals surface area (Å²) in [6.45, 7) is 6.36. The second-order valence-electron chi connectivity index (χ2n) is 6.20. The van der Waals surface area contributed by atoms with Gasteiger partial charge in [0.2, 0.25) is 0 Å². The Morgan fingerprint density at radius 1 is 1.08 bits per heavy atom. The van der Waals surface area contributed by atoms with Gasteiger partial charge in [-0.05, 0) is 49.6 Å². The van der Waals surface area contributed by atoms with E-state index in [-0.39, 0.29) is 11.9 Å². The molecule has 0 aliphatic heterocycles. The Bertz CT molecular complexity index is 779. The third-order valence-electron chi connectivity index (χ3n) is 4.09. The summed E-state index contributed by atoms with van der Waals surface area (Å²) in [5.41, 5.74) is 3.18. The summed E-state index contributed by atoms with van der Waals surface area (Å²) in [5.74, 6) is -1.06. The number of carbonyl (C=O) groups is 2. The Balaban J connectivity index is 2.33. The molecule has 0 radical (unpaired) electrons. The van der Waals surface area contributed by atoms with Crippen molar-refractivity contribution in [3.63, 3.8) is 0 Å². The minimum Gasteiger partial charge on any atom is -0.478 e. The lowest BCUT2D eigenvalue weighted by Crippen LogP contribution is -2.36. The highest BCUT2D eigenvalue weighted by atomic mass is 16.4. The lowest BCUT2D eigenvalue weighted by molar-refractivity contribution is -0.131. The maximum Gasteiger partial charge on any atom is 0.328 e. The van der Waals surface area contributed by atoms with Crippen LogP contribution in [0.3, 0.4) is 0 Å². The number of carbonyl (C=O) groups excluding carboxylic acids is 1. The lowest BCUT2D eigenvalue weighted by Gasteiger charge is -2.28. The van der Waals surface area contributed by atoms with E-state index in [1.54, 1.807) is 12.1 Å². The fourth-order valence-electron chi connectivity index (χ4n) is 2.65. The lowest BCUT2D eigenvalue weighted by atomic mass is 10.00. The quantitative estimate of drug-likeness (QED) is 0.806. The van der Waals surface area contributed by atoms with Crippen molar-refractivity contribution in [2.75, 3.05) is 0 Å². The van der Waals surface area contributed by atoms with Crippen LogP contribution in [0.25, 0.3) is 6.08 Å². The molecule has 0 aliphatic rings. The van der Waals surface area contributed by atoms with Crippen LogP contribution in [0.4, 0.5) is 0 Å². The molecule has 0 aromatic heterocycles. The van der Waals surface area contributed by atoms with Gasteiger partial charge in [0.05, 0.1) is 0 Å². The molecule has 2 aromatic rings. The first kappa shape index (κ1) is 18.5. The SMILES string of the molecule is Cc1c(/C=C/C(=O)O)cccc1C(=O)N(Cc1ccccc1)C(C)C. The van der Waals surface area contributed by atoms with E-state index in [2.05, 4.69) is 0 Å². The van der Waals surface area contributed by atoms with Gasteiger partial charge < -0.3 is 10.0 Å². The zero-order valence-electron chi connectivity index (χ0n) is 14.8. The topological polar surface area (TPSA) is 57.6 Å². The van der Waals surface area contributed by atoms with E-state index in [1.165, 1.54) is 6.08 Å². The van der Waals surface area contributed by atoms with Crippen molar-refractivity contribution in [3.8, 4) is 0 Å². The molecule has 4 heteroatoms. The second-order valence-corrected chi connectivity index (χ2v) is 6.20. The van der Waals surface area contributed by atoms with Crippen LogP contribution in [-0.4, -0.2) is 27.9 Å². The Morgan fingerprint density at radius 3 is 2.36 bits per heavy atom. The Morgan fingerprint density at radius 2 is 1.76 bits per heavy atom. The highest BCUT2D eigenvalue weighted by Crippen LogP contribution is 2.20. The van der Waals surface area contributed by atoms with Crippen LogP contribution >= 0.6 is 0 Å². The molecule has 0 saturated carbocycles. The predicted molar refractivity (Wildman–Crippen MR) is 99.3 cm³/mol. The molecule has 25 heavy (non-hydrogen) atoms. The van der Waals surface area contributed by atoms with Gasteiger partial charge in [-0.1, -0.05) is 42.5 Å². The largest absolute Gasteiger partial charge is 0.478 e. The highest BCUT2D eigenvalue weighted by molar-refractivity contribution is 5.97. The zero-order chi connectivity index (χ0) is 18.4. The van der Waals surface area contributed by atoms with Gasteiger partial charge in [-0.15, -0.1) is 0 Å². The average Bonchev–Trinajstić information content (AvgIpc) is 2.59. The number of hydrogen-bond acceptors (Lipinski definition) is 2. The molecular formula is C21H23NO3. The van der Waals surface area contributed by atoms with E-state index in [4.69, 9.17) is 5.11 Å². The Hall–Kier alpha value is -2.88. The van der Waals surface area contributed by atoms with Crippen molar-refractivity contribution in [2.24, 2.45) is 0 Å². The van der Waals surface area contributed by atoms with E-state index >= 15 is 0 Å². The number of carboxylic acids is 1. The van der Waals surface area contributed by atoms with Crippen molar-refractivity contribution < 1.29 is 14.7 Å². The number of nitrogens with zero attached hydrogens (tertiary/aromatic N) is 1. The third kappa shape index (κ3) is 4.80. The van der Waals surface area contributed by atoms with Gasteiger partial charge in [0, 0.05) is 24.2 Å². The predicted octanol–water partition coefficient (Wildman–Crippen LogP) is 4.14. The normalized spacial score (nSPS) is 11.0. The molecule has 1 N–H and O–H groups in total. The minimum atomic E-state index is -1.01. The first-order valence-electron chi connectivity index (χ1n) is 8.25. The maximum atomic E-state index is 13.1. The van der Waals surface area contributed by atoms with Crippen molar-refractivity contribution >= 4 is 18.0 Å². The van der Waals surface area contributed by atoms with Crippen LogP contribution < -0.4 is 0 Å². The summed E-state index contributed by atoms with van der Waals surface area (Å²) in [5, 5.41) is 8.81. The minimum absolute atomic E-state index is 0.0466. The smallest absolute Gasteiger partial charge is 0.328 e. The molecule has 0 unspecified atom stereocenters. The number of amides is 1. The van der Waals surface area contributed by atoms with Gasteiger partial charge in [0.15, 0.2) is 0 Å². The van der Waals surface area contributed by atoms with Crippen molar-refractivity contribution in [2.45, 2.75) is 33.4 Å². The summed E-state index contributed by atoms with van der Waals surface area (Å²) < 4.78 is 0. The van der Waals surface area contributed by atoms with Crippen LogP contribution in [0.1, 0.15) is 40.9 Å². The fourth-order valence-corrected chi connectivity index (χ4v) is 2.65. The summed E-state index contributed by atoms with van der Waals surface area (Å²) in [4.78, 5) is 25.7. The van der Waals surface area contributed by atoms with Crippen LogP contribution in [0.2, 0.25) is 0 Å². The molecule has 1 amide bonds. The monoisotopic (exact) mass is 337 g/mol. The molecule has 2 aromatic carbocycles. The molecule has 0 atom stereocenters. The van der Waals surface area contributed by atoms with Gasteiger partial charge in [0.1, 0.15) is 0 Å². The molecule has 130 valence electrons. The summed E-state index contributed by atoms with van der Waals surface area (Å²) >= 11 is 0. The molecule has 0 aliphatic carbocycles. The molecular weight excluding hydrogens is 314 g/mol. The average molecular weight is 337 g/mol. The maximum absolute atomic E-state index is 13.1. The number of benzene rings is 2. The van der Waals surface area contributed by atoms with Gasteiger partial charge in [-0.2, -0.15) is 0 Å². The molecule has 0 fully saturated rings. The van der Waals surface area contributed by atoms with Crippen LogP contribution in [-0.2, 0) is 11.3 Å². The van der Waals surface area contributed by atoms with E-state index < -0.39 is 5.97 Å². The molecule has 0 bridgehead atoms.